The molecule has 384 valence electrons. The molecule has 2 amide bonds. The summed E-state index contributed by atoms with van der Waals surface area (Å²) in [5.41, 5.74) is 5.48. The molecule has 0 unspecified atom stereocenters. The van der Waals surface area contributed by atoms with E-state index in [4.69, 9.17) is 21.4 Å². The number of hydrogen-bond donors (Lipinski definition) is 1. The number of carbonyl (C=O) groups excluding carboxylic acids is 2. The Morgan fingerprint density at radius 3 is 2.30 bits per heavy atom. The zero-order chi connectivity index (χ0) is 51.1. The molecule has 15 nitrogen and oxygen atoms in total. The molecule has 2 saturated heterocycles. The Labute approximate surface area is 430 Å². The summed E-state index contributed by atoms with van der Waals surface area (Å²) in [6.07, 6.45) is 12.8. The molecule has 3 aromatic heterocycles. The number of piperidine rings is 1. The van der Waals surface area contributed by atoms with Gasteiger partial charge in [-0.25, -0.2) is 18.7 Å². The van der Waals surface area contributed by atoms with Crippen LogP contribution in [0.4, 0.5) is 26.2 Å². The predicted molar refractivity (Wildman–Crippen MR) is 274 cm³/mol. The number of ether oxygens (including phenoxy) is 1. The zero-order valence-electron chi connectivity index (χ0n) is 42.7. The maximum atomic E-state index is 14.8. The number of nitrogens with one attached hydrogen (secondary N) is 1. The van der Waals surface area contributed by atoms with E-state index in [1.54, 1.807) is 67.7 Å². The number of alkyl halides is 2. The van der Waals surface area contributed by atoms with Crippen molar-refractivity contribution in [2.75, 3.05) is 49.1 Å². The van der Waals surface area contributed by atoms with Crippen LogP contribution in [0, 0.1) is 27.6 Å². The van der Waals surface area contributed by atoms with Gasteiger partial charge >= 0.3 is 0 Å². The summed E-state index contributed by atoms with van der Waals surface area (Å²) < 4.78 is 39.9. The lowest BCUT2D eigenvalue weighted by Crippen LogP contribution is -2.74. The minimum atomic E-state index is -2.66. The number of amides is 2. The van der Waals surface area contributed by atoms with Gasteiger partial charge in [-0.3, -0.25) is 19.0 Å². The number of likely N-dealkylation sites (tertiary alicyclic amines) is 1. The number of halogens is 3. The molecule has 4 aliphatic heterocycles. The Hall–Kier alpha value is -6.12. The SMILES string of the molecule is CC(=O)N1CCc2c(c(N3CCCc4cc(-c5cnn(C)c5)c(C(F)F)cc43)nn2C2CCN(C3CCC4(CC3)CN(c3ncc(C(=O)NC5C(C)(C)C(Oc6ccc(C#N)c(Cl)c6)C5(C)C)cn3)C4)CC2)C1. The number of aromatic nitrogens is 6. The van der Waals surface area contributed by atoms with Gasteiger partial charge < -0.3 is 29.7 Å². The summed E-state index contributed by atoms with van der Waals surface area (Å²) in [7, 11) is 1.79. The molecule has 0 bridgehead atoms. The number of rotatable bonds is 10. The molecular weight excluding hydrogens is 950 g/mol. The van der Waals surface area contributed by atoms with Gasteiger partial charge in [0.1, 0.15) is 17.9 Å². The third kappa shape index (κ3) is 8.79. The molecule has 6 aliphatic rings. The van der Waals surface area contributed by atoms with Crippen LogP contribution in [0.25, 0.3) is 11.1 Å². The molecule has 73 heavy (non-hydrogen) atoms. The van der Waals surface area contributed by atoms with E-state index in [2.05, 4.69) is 73.5 Å². The third-order valence-corrected chi connectivity index (χ3v) is 17.7. The van der Waals surface area contributed by atoms with Crippen molar-refractivity contribution in [3.63, 3.8) is 0 Å². The second-order valence-corrected chi connectivity index (χ2v) is 23.2. The van der Waals surface area contributed by atoms with Gasteiger partial charge in [-0.2, -0.15) is 15.5 Å². The molecule has 2 aromatic carbocycles. The van der Waals surface area contributed by atoms with E-state index in [1.807, 2.05) is 11.0 Å². The fraction of sp³-hybridized carbons (Fsp3) is 0.545. The minimum Gasteiger partial charge on any atom is -0.489 e. The van der Waals surface area contributed by atoms with Crippen LogP contribution in [-0.4, -0.2) is 109 Å². The Bertz CT molecular complexity index is 2960. The molecule has 11 rings (SSSR count). The van der Waals surface area contributed by atoms with Gasteiger partial charge in [-0.15, -0.1) is 0 Å². The third-order valence-electron chi connectivity index (χ3n) is 17.4. The van der Waals surface area contributed by atoms with Crippen molar-refractivity contribution in [3.8, 4) is 22.9 Å². The summed E-state index contributed by atoms with van der Waals surface area (Å²) in [4.78, 5) is 44.6. The average Bonchev–Trinajstić information content (AvgIpc) is 3.99. The van der Waals surface area contributed by atoms with E-state index < -0.39 is 17.3 Å². The first kappa shape index (κ1) is 49.1. The largest absolute Gasteiger partial charge is 0.489 e. The van der Waals surface area contributed by atoms with E-state index in [0.29, 0.717) is 71.1 Å². The summed E-state index contributed by atoms with van der Waals surface area (Å²) in [5.74, 6) is 1.84. The number of carbonyl (C=O) groups is 2. The van der Waals surface area contributed by atoms with Gasteiger partial charge in [0.25, 0.3) is 12.3 Å². The highest BCUT2D eigenvalue weighted by Gasteiger charge is 2.64. The van der Waals surface area contributed by atoms with E-state index in [9.17, 15) is 23.6 Å². The van der Waals surface area contributed by atoms with Crippen LogP contribution in [0.3, 0.4) is 0 Å². The highest BCUT2D eigenvalue weighted by Crippen LogP contribution is 2.56. The number of fused-ring (bicyclic) bond motifs is 2. The van der Waals surface area contributed by atoms with Crippen LogP contribution in [0.2, 0.25) is 5.02 Å². The average molecular weight is 1020 g/mol. The van der Waals surface area contributed by atoms with Crippen LogP contribution in [0.15, 0.2) is 55.1 Å². The van der Waals surface area contributed by atoms with Gasteiger partial charge in [-0.1, -0.05) is 39.3 Å². The first-order chi connectivity index (χ1) is 34.9. The number of anilines is 3. The molecule has 0 radical (unpaired) electrons. The van der Waals surface area contributed by atoms with Crippen molar-refractivity contribution in [2.24, 2.45) is 23.3 Å². The topological polar surface area (TPSA) is 154 Å². The fourth-order valence-electron chi connectivity index (χ4n) is 13.8. The number of hydrogen-bond acceptors (Lipinski definition) is 11. The Morgan fingerprint density at radius 2 is 1.66 bits per heavy atom. The number of aryl methyl sites for hydroxylation is 2. The van der Waals surface area contributed by atoms with E-state index in [-0.39, 0.29) is 41.0 Å². The molecule has 2 aliphatic carbocycles. The summed E-state index contributed by atoms with van der Waals surface area (Å²) in [5, 5.41) is 22.5. The van der Waals surface area contributed by atoms with Gasteiger partial charge in [-0.05, 0) is 86.8 Å². The van der Waals surface area contributed by atoms with Gasteiger partial charge in [0, 0.05) is 141 Å². The lowest BCUT2D eigenvalue weighted by atomic mass is 9.49. The summed E-state index contributed by atoms with van der Waals surface area (Å²) in [6.45, 7) is 15.5. The Balaban J connectivity index is 0.696. The van der Waals surface area contributed by atoms with Gasteiger partial charge in [0.2, 0.25) is 11.9 Å². The summed E-state index contributed by atoms with van der Waals surface area (Å²) >= 11 is 6.28. The lowest BCUT2D eigenvalue weighted by molar-refractivity contribution is -0.164. The van der Waals surface area contributed by atoms with Crippen molar-refractivity contribution in [1.82, 2.24) is 44.6 Å². The maximum Gasteiger partial charge on any atom is 0.264 e. The highest BCUT2D eigenvalue weighted by atomic mass is 35.5. The molecule has 1 spiro atoms. The number of nitriles is 1. The maximum absolute atomic E-state index is 14.8. The fourth-order valence-corrected chi connectivity index (χ4v) is 14.0. The van der Waals surface area contributed by atoms with Crippen molar-refractivity contribution in [3.05, 3.63) is 93.7 Å². The van der Waals surface area contributed by atoms with Crippen molar-refractivity contribution in [2.45, 2.75) is 130 Å². The second kappa shape index (κ2) is 18.7. The Morgan fingerprint density at radius 1 is 0.932 bits per heavy atom. The van der Waals surface area contributed by atoms with Crippen LogP contribution in [0.1, 0.15) is 130 Å². The molecule has 4 fully saturated rings. The van der Waals surface area contributed by atoms with Crippen molar-refractivity contribution in [1.29, 1.82) is 5.26 Å². The van der Waals surface area contributed by atoms with E-state index >= 15 is 0 Å². The quantitative estimate of drug-likeness (QED) is 0.143. The monoisotopic (exact) mass is 1010 g/mol. The molecular formula is C55H65ClF2N12O3. The molecule has 5 aromatic rings. The zero-order valence-corrected chi connectivity index (χ0v) is 43.4. The second-order valence-electron chi connectivity index (χ2n) is 22.8. The number of nitrogens with zero attached hydrogens (tertiary/aromatic N) is 11. The molecule has 1 N–H and O–H groups in total. The van der Waals surface area contributed by atoms with E-state index in [1.165, 1.54) is 5.69 Å². The number of benzene rings is 2. The smallest absolute Gasteiger partial charge is 0.264 e. The van der Waals surface area contributed by atoms with Crippen molar-refractivity contribution >= 4 is 40.9 Å². The van der Waals surface area contributed by atoms with E-state index in [0.717, 1.165) is 100 Å². The molecule has 0 atom stereocenters. The van der Waals surface area contributed by atoms with Crippen LogP contribution >= 0.6 is 11.6 Å². The molecule has 2 saturated carbocycles. The summed E-state index contributed by atoms with van der Waals surface area (Å²) in [6, 6.07) is 11.3. The van der Waals surface area contributed by atoms with Crippen LogP contribution < -0.4 is 19.9 Å². The predicted octanol–water partition coefficient (Wildman–Crippen LogP) is 9.22. The normalized spacial score (nSPS) is 22.6. The molecule has 18 heteroatoms. The Kier molecular flexibility index (Phi) is 12.6. The van der Waals surface area contributed by atoms with Gasteiger partial charge in [0.15, 0.2) is 5.82 Å². The first-order valence-corrected chi connectivity index (χ1v) is 26.4. The highest BCUT2D eigenvalue weighted by molar-refractivity contribution is 6.31. The van der Waals surface area contributed by atoms with Crippen LogP contribution in [0.5, 0.6) is 5.75 Å². The molecule has 7 heterocycles. The van der Waals surface area contributed by atoms with Gasteiger partial charge in [0.05, 0.1) is 34.9 Å². The first-order valence-electron chi connectivity index (χ1n) is 26.0. The standard InChI is InChI=1S/C55H65ClF2N12O3/c1-33(71)67-21-15-45-43(30-67)48(69-18-7-8-34-22-41(37-28-62-65(6)29-37)42(47(57)58)24-46(34)69)64-70(45)39-13-19-66(20-14-39)38-11-16-55(17-12-38)31-68(32-55)52-60-26-36(27-61-52)49(72)63-50-53(2,3)51(54(50,4)5)73-40-10-9-35(25-59)44(56)23-40/h9-10,22-24,26-29,38-39,47,50-51H,7-8,11-21,30-32H2,1-6H3,(H,63,72). The lowest BCUT2D eigenvalue weighted by Gasteiger charge is -2.63. The van der Waals surface area contributed by atoms with Crippen LogP contribution in [-0.2, 0) is 31.2 Å². The minimum absolute atomic E-state index is 0.00929. The van der Waals surface area contributed by atoms with Crippen molar-refractivity contribution < 1.29 is 23.1 Å².